The van der Waals surface area contributed by atoms with Crippen molar-refractivity contribution < 1.29 is 9.53 Å². The van der Waals surface area contributed by atoms with Gasteiger partial charge in [0.25, 0.3) is 0 Å². The summed E-state index contributed by atoms with van der Waals surface area (Å²) in [6, 6.07) is 0.646. The van der Waals surface area contributed by atoms with Crippen LogP contribution in [0.3, 0.4) is 0 Å². The summed E-state index contributed by atoms with van der Waals surface area (Å²) in [4.78, 5) is 16.8. The summed E-state index contributed by atoms with van der Waals surface area (Å²) < 4.78 is 5.38. The normalized spacial score (nSPS) is 34.1. The van der Waals surface area contributed by atoms with Crippen molar-refractivity contribution in [3.05, 3.63) is 0 Å². The number of carbonyl (C=O) groups is 1. The standard InChI is InChI=1S/C13H23N3O2/c17-13(12-2-1-4-14-12)16-5-3-11(10-16)15-6-8-18-9-7-15/h11-12,14H,1-10H2. The van der Waals surface area contributed by atoms with Crippen LogP contribution in [0.25, 0.3) is 0 Å². The molecule has 0 aliphatic carbocycles. The molecule has 3 fully saturated rings. The van der Waals surface area contributed by atoms with Crippen molar-refractivity contribution in [2.75, 3.05) is 45.9 Å². The van der Waals surface area contributed by atoms with E-state index in [0.29, 0.717) is 11.9 Å². The lowest BCUT2D eigenvalue weighted by Gasteiger charge is -2.32. The molecule has 0 radical (unpaired) electrons. The van der Waals surface area contributed by atoms with E-state index in [0.717, 1.165) is 65.2 Å². The molecule has 3 aliphatic rings. The van der Waals surface area contributed by atoms with Gasteiger partial charge in [-0.2, -0.15) is 0 Å². The Balaban J connectivity index is 1.52. The van der Waals surface area contributed by atoms with Crippen molar-refractivity contribution >= 4 is 5.91 Å². The average molecular weight is 253 g/mol. The summed E-state index contributed by atoms with van der Waals surface area (Å²) in [5.41, 5.74) is 0. The van der Waals surface area contributed by atoms with Crippen LogP contribution in [-0.2, 0) is 9.53 Å². The molecule has 102 valence electrons. The van der Waals surface area contributed by atoms with Crippen molar-refractivity contribution in [1.82, 2.24) is 15.1 Å². The summed E-state index contributed by atoms with van der Waals surface area (Å²) in [5, 5.41) is 3.30. The topological polar surface area (TPSA) is 44.8 Å². The Morgan fingerprint density at radius 3 is 2.72 bits per heavy atom. The molecular formula is C13H23N3O2. The van der Waals surface area contributed by atoms with Crippen LogP contribution in [0.1, 0.15) is 19.3 Å². The van der Waals surface area contributed by atoms with E-state index >= 15 is 0 Å². The van der Waals surface area contributed by atoms with E-state index in [9.17, 15) is 4.79 Å². The maximum atomic E-state index is 12.3. The summed E-state index contributed by atoms with van der Waals surface area (Å²) in [6.45, 7) is 6.57. The first-order valence-corrected chi connectivity index (χ1v) is 7.18. The number of rotatable bonds is 2. The van der Waals surface area contributed by atoms with Gasteiger partial charge in [-0.3, -0.25) is 9.69 Å². The predicted octanol–water partition coefficient (Wildman–Crippen LogP) is -0.328. The van der Waals surface area contributed by atoms with Gasteiger partial charge < -0.3 is 15.0 Å². The summed E-state index contributed by atoms with van der Waals surface area (Å²) in [5.74, 6) is 0.322. The third kappa shape index (κ3) is 2.53. The zero-order valence-corrected chi connectivity index (χ0v) is 10.9. The van der Waals surface area contributed by atoms with Gasteiger partial charge >= 0.3 is 0 Å². The van der Waals surface area contributed by atoms with E-state index in [1.54, 1.807) is 0 Å². The SMILES string of the molecule is O=C(C1CCCN1)N1CCC(N2CCOCC2)C1. The third-order valence-electron chi connectivity index (χ3n) is 4.40. The van der Waals surface area contributed by atoms with Crippen molar-refractivity contribution in [3.8, 4) is 0 Å². The lowest BCUT2D eigenvalue weighted by molar-refractivity contribution is -0.132. The molecule has 18 heavy (non-hydrogen) atoms. The monoisotopic (exact) mass is 253 g/mol. The third-order valence-corrected chi connectivity index (χ3v) is 4.40. The fourth-order valence-electron chi connectivity index (χ4n) is 3.30. The van der Waals surface area contributed by atoms with E-state index in [2.05, 4.69) is 15.1 Å². The number of nitrogens with zero attached hydrogens (tertiary/aromatic N) is 2. The van der Waals surface area contributed by atoms with Crippen molar-refractivity contribution in [2.45, 2.75) is 31.3 Å². The van der Waals surface area contributed by atoms with E-state index < -0.39 is 0 Å². The highest BCUT2D eigenvalue weighted by Crippen LogP contribution is 2.19. The molecule has 3 rings (SSSR count). The Bertz CT molecular complexity index is 299. The molecule has 2 unspecified atom stereocenters. The van der Waals surface area contributed by atoms with Gasteiger partial charge in [0, 0.05) is 32.2 Å². The molecule has 5 nitrogen and oxygen atoms in total. The number of carbonyl (C=O) groups excluding carboxylic acids is 1. The molecule has 1 amide bonds. The molecule has 2 atom stereocenters. The number of nitrogens with one attached hydrogen (secondary N) is 1. The number of ether oxygens (including phenoxy) is 1. The smallest absolute Gasteiger partial charge is 0.239 e. The fraction of sp³-hybridized carbons (Fsp3) is 0.923. The van der Waals surface area contributed by atoms with Crippen LogP contribution in [0.15, 0.2) is 0 Å². The second-order valence-electron chi connectivity index (χ2n) is 5.52. The minimum absolute atomic E-state index is 0.0911. The molecule has 0 bridgehead atoms. The maximum Gasteiger partial charge on any atom is 0.239 e. The maximum absolute atomic E-state index is 12.3. The lowest BCUT2D eigenvalue weighted by atomic mass is 10.2. The highest BCUT2D eigenvalue weighted by Gasteiger charge is 2.34. The molecular weight excluding hydrogens is 230 g/mol. The number of likely N-dealkylation sites (tertiary alicyclic amines) is 1. The molecule has 0 aromatic carbocycles. The number of hydrogen-bond donors (Lipinski definition) is 1. The van der Waals surface area contributed by atoms with Crippen LogP contribution < -0.4 is 5.32 Å². The van der Waals surface area contributed by atoms with Crippen LogP contribution in [0.4, 0.5) is 0 Å². The van der Waals surface area contributed by atoms with Crippen LogP contribution in [0, 0.1) is 0 Å². The Morgan fingerprint density at radius 2 is 2.00 bits per heavy atom. The van der Waals surface area contributed by atoms with Crippen molar-refractivity contribution in [3.63, 3.8) is 0 Å². The van der Waals surface area contributed by atoms with Crippen molar-refractivity contribution in [2.24, 2.45) is 0 Å². The first-order chi connectivity index (χ1) is 8.84. The quantitative estimate of drug-likeness (QED) is 0.732. The largest absolute Gasteiger partial charge is 0.379 e. The molecule has 3 saturated heterocycles. The van der Waals surface area contributed by atoms with Gasteiger partial charge in [0.2, 0.25) is 5.91 Å². The molecule has 3 aliphatic heterocycles. The molecule has 3 heterocycles. The zero-order valence-electron chi connectivity index (χ0n) is 10.9. The number of morpholine rings is 1. The molecule has 0 saturated carbocycles. The molecule has 5 heteroatoms. The Kier molecular flexibility index (Phi) is 3.82. The highest BCUT2D eigenvalue weighted by molar-refractivity contribution is 5.82. The minimum atomic E-state index is 0.0911. The van der Waals surface area contributed by atoms with Gasteiger partial charge in [-0.25, -0.2) is 0 Å². The summed E-state index contributed by atoms with van der Waals surface area (Å²) in [6.07, 6.45) is 3.27. The first-order valence-electron chi connectivity index (χ1n) is 7.18. The van der Waals surface area contributed by atoms with Gasteiger partial charge in [-0.15, -0.1) is 0 Å². The van der Waals surface area contributed by atoms with Gasteiger partial charge in [0.1, 0.15) is 0 Å². The predicted molar refractivity (Wildman–Crippen MR) is 68.4 cm³/mol. The van der Waals surface area contributed by atoms with Crippen molar-refractivity contribution in [1.29, 1.82) is 0 Å². The molecule has 0 aromatic heterocycles. The van der Waals surface area contributed by atoms with Gasteiger partial charge in [-0.1, -0.05) is 0 Å². The Labute approximate surface area is 108 Å². The van der Waals surface area contributed by atoms with Gasteiger partial charge in [-0.05, 0) is 25.8 Å². The van der Waals surface area contributed by atoms with E-state index in [-0.39, 0.29) is 6.04 Å². The summed E-state index contributed by atoms with van der Waals surface area (Å²) in [7, 11) is 0. The summed E-state index contributed by atoms with van der Waals surface area (Å²) >= 11 is 0. The molecule has 1 N–H and O–H groups in total. The second kappa shape index (κ2) is 5.55. The van der Waals surface area contributed by atoms with Crippen LogP contribution >= 0.6 is 0 Å². The number of hydrogen-bond acceptors (Lipinski definition) is 4. The Morgan fingerprint density at radius 1 is 1.17 bits per heavy atom. The second-order valence-corrected chi connectivity index (χ2v) is 5.52. The van der Waals surface area contributed by atoms with Crippen LogP contribution in [-0.4, -0.2) is 73.7 Å². The number of amides is 1. The van der Waals surface area contributed by atoms with E-state index in [4.69, 9.17) is 4.74 Å². The minimum Gasteiger partial charge on any atom is -0.379 e. The van der Waals surface area contributed by atoms with E-state index in [1.165, 1.54) is 0 Å². The Hall–Kier alpha value is -0.650. The molecule has 0 spiro atoms. The molecule has 0 aromatic rings. The first kappa shape index (κ1) is 12.4. The van der Waals surface area contributed by atoms with Crippen LogP contribution in [0.5, 0.6) is 0 Å². The van der Waals surface area contributed by atoms with E-state index in [1.807, 2.05) is 0 Å². The van der Waals surface area contributed by atoms with Gasteiger partial charge in [0.05, 0.1) is 19.3 Å². The lowest BCUT2D eigenvalue weighted by Crippen LogP contribution is -2.47. The average Bonchev–Trinajstić information content (AvgIpc) is 3.10. The van der Waals surface area contributed by atoms with Gasteiger partial charge in [0.15, 0.2) is 0 Å². The highest BCUT2D eigenvalue weighted by atomic mass is 16.5. The fourth-order valence-corrected chi connectivity index (χ4v) is 3.30. The zero-order chi connectivity index (χ0) is 12.4. The van der Waals surface area contributed by atoms with Crippen LogP contribution in [0.2, 0.25) is 0 Å².